The van der Waals surface area contributed by atoms with Gasteiger partial charge in [0.1, 0.15) is 0 Å². The fourth-order valence-electron chi connectivity index (χ4n) is 2.68. The molecule has 0 saturated carbocycles. The van der Waals surface area contributed by atoms with Crippen molar-refractivity contribution in [2.45, 2.75) is 25.9 Å². The molecule has 132 valence electrons. The van der Waals surface area contributed by atoms with Crippen molar-refractivity contribution in [3.05, 3.63) is 23.3 Å². The van der Waals surface area contributed by atoms with Crippen LogP contribution in [0.5, 0.6) is 17.2 Å². The molecule has 1 atom stereocenters. The number of carbonyl (C=O) groups excluding carboxylic acids is 1. The SMILES string of the molecule is CCOC(=O)/C(=C/c1cc(OC)c(OC)c(OC)c1)C1CCCO1. The summed E-state index contributed by atoms with van der Waals surface area (Å²) in [7, 11) is 4.65. The molecule has 1 heterocycles. The molecule has 6 nitrogen and oxygen atoms in total. The molecule has 1 aromatic rings. The van der Waals surface area contributed by atoms with Gasteiger partial charge in [-0.15, -0.1) is 0 Å². The zero-order valence-electron chi connectivity index (χ0n) is 14.6. The highest BCUT2D eigenvalue weighted by Crippen LogP contribution is 2.39. The highest BCUT2D eigenvalue weighted by Gasteiger charge is 2.26. The summed E-state index contributed by atoms with van der Waals surface area (Å²) in [5.74, 6) is 1.20. The van der Waals surface area contributed by atoms with Gasteiger partial charge in [-0.05, 0) is 43.5 Å². The number of esters is 1. The third-order valence-electron chi connectivity index (χ3n) is 3.80. The fraction of sp³-hybridized carbons (Fsp3) is 0.500. The Kier molecular flexibility index (Phi) is 6.49. The fourth-order valence-corrected chi connectivity index (χ4v) is 2.68. The van der Waals surface area contributed by atoms with Crippen LogP contribution >= 0.6 is 0 Å². The van der Waals surface area contributed by atoms with Gasteiger partial charge in [0.2, 0.25) is 5.75 Å². The van der Waals surface area contributed by atoms with E-state index in [0.717, 1.165) is 18.4 Å². The standard InChI is InChI=1S/C18H24O6/c1-5-23-18(19)13(14-7-6-8-24-14)9-12-10-15(20-2)17(22-4)16(11-12)21-3/h9-11,14H,5-8H2,1-4H3/b13-9+. The Morgan fingerprint density at radius 1 is 1.21 bits per heavy atom. The van der Waals surface area contributed by atoms with Crippen LogP contribution in [0, 0.1) is 0 Å². The summed E-state index contributed by atoms with van der Waals surface area (Å²) in [6.07, 6.45) is 3.24. The summed E-state index contributed by atoms with van der Waals surface area (Å²) in [4.78, 5) is 12.3. The van der Waals surface area contributed by atoms with Crippen LogP contribution in [0.15, 0.2) is 17.7 Å². The average molecular weight is 336 g/mol. The molecule has 0 bridgehead atoms. The molecule has 1 unspecified atom stereocenters. The summed E-state index contributed by atoms with van der Waals surface area (Å²) in [6, 6.07) is 3.57. The number of carbonyl (C=O) groups is 1. The largest absolute Gasteiger partial charge is 0.493 e. The quantitative estimate of drug-likeness (QED) is 0.563. The van der Waals surface area contributed by atoms with Gasteiger partial charge in [0.15, 0.2) is 11.5 Å². The Morgan fingerprint density at radius 2 is 1.88 bits per heavy atom. The Hall–Kier alpha value is -2.21. The lowest BCUT2D eigenvalue weighted by atomic mass is 10.0. The second-order valence-corrected chi connectivity index (χ2v) is 5.28. The van der Waals surface area contributed by atoms with E-state index in [-0.39, 0.29) is 12.1 Å². The van der Waals surface area contributed by atoms with Crippen molar-refractivity contribution >= 4 is 12.0 Å². The van der Waals surface area contributed by atoms with Crippen LogP contribution in [0.3, 0.4) is 0 Å². The Balaban J connectivity index is 2.45. The normalized spacial score (nSPS) is 17.5. The second-order valence-electron chi connectivity index (χ2n) is 5.28. The van der Waals surface area contributed by atoms with E-state index in [1.54, 1.807) is 46.5 Å². The minimum atomic E-state index is -0.363. The molecule has 0 aromatic heterocycles. The number of hydrogen-bond acceptors (Lipinski definition) is 6. The van der Waals surface area contributed by atoms with E-state index < -0.39 is 0 Å². The molecule has 1 aliphatic rings. The molecule has 1 fully saturated rings. The van der Waals surface area contributed by atoms with Crippen molar-refractivity contribution < 1.29 is 28.5 Å². The molecule has 1 saturated heterocycles. The van der Waals surface area contributed by atoms with E-state index in [1.165, 1.54) is 0 Å². The van der Waals surface area contributed by atoms with Gasteiger partial charge < -0.3 is 23.7 Å². The summed E-state index contributed by atoms with van der Waals surface area (Å²) in [6.45, 7) is 2.75. The highest BCUT2D eigenvalue weighted by molar-refractivity contribution is 5.95. The first-order valence-corrected chi connectivity index (χ1v) is 7.94. The minimum Gasteiger partial charge on any atom is -0.493 e. The summed E-state index contributed by atoms with van der Waals surface area (Å²) in [5, 5.41) is 0. The summed E-state index contributed by atoms with van der Waals surface area (Å²) >= 11 is 0. The molecule has 6 heteroatoms. The first-order valence-electron chi connectivity index (χ1n) is 7.94. The van der Waals surface area contributed by atoms with Crippen LogP contribution in [0.2, 0.25) is 0 Å². The van der Waals surface area contributed by atoms with Crippen LogP contribution in [-0.2, 0) is 14.3 Å². The van der Waals surface area contributed by atoms with Gasteiger partial charge >= 0.3 is 5.97 Å². The van der Waals surface area contributed by atoms with Gasteiger partial charge in [-0.25, -0.2) is 4.79 Å². The van der Waals surface area contributed by atoms with Crippen molar-refractivity contribution in [3.63, 3.8) is 0 Å². The number of ether oxygens (including phenoxy) is 5. The molecule has 0 aliphatic carbocycles. The number of methoxy groups -OCH3 is 3. The lowest BCUT2D eigenvalue weighted by Crippen LogP contribution is -2.19. The maximum atomic E-state index is 12.3. The summed E-state index contributed by atoms with van der Waals surface area (Å²) in [5.41, 5.74) is 1.26. The molecule has 24 heavy (non-hydrogen) atoms. The Bertz CT molecular complexity index is 577. The number of rotatable bonds is 7. The van der Waals surface area contributed by atoms with Crippen molar-refractivity contribution in [1.82, 2.24) is 0 Å². The molecule has 0 radical (unpaired) electrons. The van der Waals surface area contributed by atoms with Gasteiger partial charge in [0, 0.05) is 6.61 Å². The monoisotopic (exact) mass is 336 g/mol. The van der Waals surface area contributed by atoms with Crippen LogP contribution < -0.4 is 14.2 Å². The Labute approximate surface area is 142 Å². The second kappa shape index (κ2) is 8.59. The first kappa shape index (κ1) is 18.1. The minimum absolute atomic E-state index is 0.247. The molecule has 0 spiro atoms. The zero-order valence-corrected chi connectivity index (χ0v) is 14.6. The molecule has 0 amide bonds. The van der Waals surface area contributed by atoms with E-state index in [2.05, 4.69) is 0 Å². The van der Waals surface area contributed by atoms with Crippen LogP contribution in [-0.4, -0.2) is 46.6 Å². The van der Waals surface area contributed by atoms with Crippen LogP contribution in [0.1, 0.15) is 25.3 Å². The topological polar surface area (TPSA) is 63.2 Å². The lowest BCUT2D eigenvalue weighted by molar-refractivity contribution is -0.139. The zero-order chi connectivity index (χ0) is 17.5. The number of hydrogen-bond donors (Lipinski definition) is 0. The average Bonchev–Trinajstić information content (AvgIpc) is 3.12. The highest BCUT2D eigenvalue weighted by atomic mass is 16.5. The van der Waals surface area contributed by atoms with Gasteiger partial charge in [-0.1, -0.05) is 0 Å². The molecule has 0 N–H and O–H groups in total. The lowest BCUT2D eigenvalue weighted by Gasteiger charge is -2.15. The summed E-state index contributed by atoms with van der Waals surface area (Å²) < 4.78 is 26.9. The van der Waals surface area contributed by atoms with E-state index in [9.17, 15) is 4.79 Å². The molecule has 1 aromatic carbocycles. The van der Waals surface area contributed by atoms with E-state index in [1.807, 2.05) is 0 Å². The third-order valence-corrected chi connectivity index (χ3v) is 3.80. The predicted molar refractivity (Wildman–Crippen MR) is 89.7 cm³/mol. The van der Waals surface area contributed by atoms with Gasteiger partial charge in [0.05, 0.1) is 39.6 Å². The van der Waals surface area contributed by atoms with Crippen LogP contribution in [0.25, 0.3) is 6.08 Å². The molecule has 2 rings (SSSR count). The van der Waals surface area contributed by atoms with Crippen molar-refractivity contribution in [1.29, 1.82) is 0 Å². The smallest absolute Gasteiger partial charge is 0.336 e. The van der Waals surface area contributed by atoms with Gasteiger partial charge in [-0.2, -0.15) is 0 Å². The van der Waals surface area contributed by atoms with Crippen LogP contribution in [0.4, 0.5) is 0 Å². The number of benzene rings is 1. The van der Waals surface area contributed by atoms with Gasteiger partial charge in [-0.3, -0.25) is 0 Å². The molecular formula is C18H24O6. The Morgan fingerprint density at radius 3 is 2.33 bits per heavy atom. The van der Waals surface area contributed by atoms with E-state index >= 15 is 0 Å². The van der Waals surface area contributed by atoms with Crippen molar-refractivity contribution in [3.8, 4) is 17.2 Å². The van der Waals surface area contributed by atoms with Gasteiger partial charge in [0.25, 0.3) is 0 Å². The third kappa shape index (κ3) is 4.00. The van der Waals surface area contributed by atoms with E-state index in [0.29, 0.717) is 36.0 Å². The molecule has 1 aliphatic heterocycles. The van der Waals surface area contributed by atoms with Crippen molar-refractivity contribution in [2.24, 2.45) is 0 Å². The molecular weight excluding hydrogens is 312 g/mol. The predicted octanol–water partition coefficient (Wildman–Crippen LogP) is 2.84. The maximum absolute atomic E-state index is 12.3. The first-order chi connectivity index (χ1) is 11.6. The maximum Gasteiger partial charge on any atom is 0.336 e. The van der Waals surface area contributed by atoms with Crippen molar-refractivity contribution in [2.75, 3.05) is 34.5 Å². The van der Waals surface area contributed by atoms with E-state index in [4.69, 9.17) is 23.7 Å².